The van der Waals surface area contributed by atoms with Crippen LogP contribution in [0.2, 0.25) is 0 Å². The van der Waals surface area contributed by atoms with E-state index in [0.29, 0.717) is 10.9 Å². The highest BCUT2D eigenvalue weighted by atomic mass is 32.2. The number of thioether (sulfide) groups is 1. The van der Waals surface area contributed by atoms with Crippen molar-refractivity contribution >= 4 is 11.8 Å². The number of aryl methyl sites for hydroxylation is 2. The molecule has 3 heterocycles. The lowest BCUT2D eigenvalue weighted by Gasteiger charge is -2.47. The van der Waals surface area contributed by atoms with Crippen LogP contribution in [0, 0.1) is 13.8 Å². The molecule has 0 amide bonds. The lowest BCUT2D eigenvalue weighted by Crippen LogP contribution is -2.58. The molecule has 19 heavy (non-hydrogen) atoms. The molecule has 0 bridgehead atoms. The summed E-state index contributed by atoms with van der Waals surface area (Å²) in [6.07, 6.45) is 1.68. The van der Waals surface area contributed by atoms with E-state index in [1.807, 2.05) is 13.8 Å². The molecule has 0 unspecified atom stereocenters. The monoisotopic (exact) mass is 282 g/mol. The lowest BCUT2D eigenvalue weighted by atomic mass is 9.92. The molecule has 1 aromatic rings. The van der Waals surface area contributed by atoms with Crippen molar-refractivity contribution in [3.05, 3.63) is 17.0 Å². The van der Waals surface area contributed by atoms with Crippen molar-refractivity contribution in [3.63, 3.8) is 0 Å². The van der Waals surface area contributed by atoms with E-state index in [9.17, 15) is 0 Å². The first-order chi connectivity index (χ1) is 9.12. The Balaban J connectivity index is 1.53. The zero-order chi connectivity index (χ0) is 13.5. The van der Waals surface area contributed by atoms with Crippen molar-refractivity contribution in [1.82, 2.24) is 10.1 Å². The molecule has 5 heteroatoms. The van der Waals surface area contributed by atoms with E-state index in [1.165, 1.54) is 25.1 Å². The summed E-state index contributed by atoms with van der Waals surface area (Å²) >= 11 is 2.10. The van der Waals surface area contributed by atoms with Gasteiger partial charge in [0.2, 0.25) is 0 Å². The maximum Gasteiger partial charge on any atom is 0.138 e. The van der Waals surface area contributed by atoms with Gasteiger partial charge >= 0.3 is 0 Å². The molecule has 2 saturated heterocycles. The first-order valence-electron chi connectivity index (χ1n) is 7.01. The number of hydrogen-bond donors (Lipinski definition) is 0. The van der Waals surface area contributed by atoms with E-state index in [2.05, 4.69) is 28.7 Å². The van der Waals surface area contributed by atoms with Crippen LogP contribution in [0.15, 0.2) is 4.52 Å². The molecule has 2 fully saturated rings. The largest absolute Gasteiger partial charge is 0.378 e. The summed E-state index contributed by atoms with van der Waals surface area (Å²) in [6, 6.07) is 0. The van der Waals surface area contributed by atoms with Crippen LogP contribution in [0.25, 0.3) is 0 Å². The number of ether oxygens (including phenoxy) is 1. The van der Waals surface area contributed by atoms with Crippen LogP contribution in [-0.4, -0.2) is 46.4 Å². The number of nitrogens with zero attached hydrogens (tertiary/aromatic N) is 2. The van der Waals surface area contributed by atoms with Gasteiger partial charge < -0.3 is 9.26 Å². The van der Waals surface area contributed by atoms with E-state index in [1.54, 1.807) is 0 Å². The number of hydrogen-bond acceptors (Lipinski definition) is 5. The van der Waals surface area contributed by atoms with E-state index in [-0.39, 0.29) is 0 Å². The van der Waals surface area contributed by atoms with E-state index in [4.69, 9.17) is 9.26 Å². The van der Waals surface area contributed by atoms with Crippen LogP contribution in [0.1, 0.15) is 30.4 Å². The SMILES string of the molecule is CCO[C@H]1CSC2(C1)CN(Cc1c(C)noc1C)C2. The van der Waals surface area contributed by atoms with Crippen molar-refractivity contribution in [2.24, 2.45) is 0 Å². The minimum absolute atomic E-state index is 0.457. The summed E-state index contributed by atoms with van der Waals surface area (Å²) < 4.78 is 11.4. The normalized spacial score (nSPS) is 25.9. The highest BCUT2D eigenvalue weighted by molar-refractivity contribution is 8.01. The van der Waals surface area contributed by atoms with Gasteiger partial charge in [-0.25, -0.2) is 0 Å². The predicted molar refractivity (Wildman–Crippen MR) is 76.5 cm³/mol. The van der Waals surface area contributed by atoms with Crippen LogP contribution < -0.4 is 0 Å². The molecule has 0 N–H and O–H groups in total. The Morgan fingerprint density at radius 2 is 2.26 bits per heavy atom. The maximum atomic E-state index is 5.75. The molecule has 1 aromatic heterocycles. The van der Waals surface area contributed by atoms with Crippen LogP contribution in [0.3, 0.4) is 0 Å². The first kappa shape index (κ1) is 13.5. The molecular weight excluding hydrogens is 260 g/mol. The van der Waals surface area contributed by atoms with Crippen molar-refractivity contribution in [1.29, 1.82) is 0 Å². The van der Waals surface area contributed by atoms with Crippen LogP contribution in [0.4, 0.5) is 0 Å². The topological polar surface area (TPSA) is 38.5 Å². The Kier molecular flexibility index (Phi) is 3.62. The third-order valence-corrected chi connectivity index (χ3v) is 5.74. The third-order valence-electron chi connectivity index (χ3n) is 4.16. The molecular formula is C14H22N2O2S. The summed E-state index contributed by atoms with van der Waals surface area (Å²) in [6.45, 7) is 10.3. The maximum absolute atomic E-state index is 5.75. The minimum Gasteiger partial charge on any atom is -0.378 e. The molecule has 1 spiro atoms. The van der Waals surface area contributed by atoms with E-state index < -0.39 is 0 Å². The Morgan fingerprint density at radius 1 is 1.47 bits per heavy atom. The van der Waals surface area contributed by atoms with Gasteiger partial charge in [-0.05, 0) is 27.2 Å². The number of rotatable bonds is 4. The van der Waals surface area contributed by atoms with Gasteiger partial charge in [0.05, 0.1) is 11.8 Å². The average Bonchev–Trinajstić information content (AvgIpc) is 2.88. The van der Waals surface area contributed by atoms with Crippen molar-refractivity contribution in [2.45, 2.75) is 44.6 Å². The second-order valence-corrected chi connectivity index (χ2v) is 7.21. The van der Waals surface area contributed by atoms with Crippen LogP contribution >= 0.6 is 11.8 Å². The smallest absolute Gasteiger partial charge is 0.138 e. The number of aromatic nitrogens is 1. The fourth-order valence-electron chi connectivity index (χ4n) is 3.20. The van der Waals surface area contributed by atoms with Crippen LogP contribution in [0.5, 0.6) is 0 Å². The highest BCUT2D eigenvalue weighted by Crippen LogP contribution is 2.46. The second-order valence-electron chi connectivity index (χ2n) is 5.72. The molecule has 0 saturated carbocycles. The standard InChI is InChI=1S/C14H22N2O2S/c1-4-17-12-5-14(19-7-12)8-16(9-14)6-13-10(2)15-18-11(13)3/h12H,4-9H2,1-3H3/t12-/m1/s1. The van der Waals surface area contributed by atoms with Gasteiger partial charge in [-0.1, -0.05) is 5.16 Å². The Bertz CT molecular complexity index is 435. The highest BCUT2D eigenvalue weighted by Gasteiger charge is 2.49. The lowest BCUT2D eigenvalue weighted by molar-refractivity contribution is 0.0415. The fraction of sp³-hybridized carbons (Fsp3) is 0.786. The van der Waals surface area contributed by atoms with Gasteiger partial charge in [-0.2, -0.15) is 0 Å². The fourth-order valence-corrected chi connectivity index (χ4v) is 4.80. The van der Waals surface area contributed by atoms with Gasteiger partial charge in [-0.3, -0.25) is 4.90 Å². The summed E-state index contributed by atoms with van der Waals surface area (Å²) in [7, 11) is 0. The molecule has 0 aromatic carbocycles. The van der Waals surface area contributed by atoms with Crippen molar-refractivity contribution in [3.8, 4) is 0 Å². The van der Waals surface area contributed by atoms with Gasteiger partial charge in [0, 0.05) is 42.3 Å². The molecule has 2 aliphatic rings. The van der Waals surface area contributed by atoms with Gasteiger partial charge in [0.25, 0.3) is 0 Å². The van der Waals surface area contributed by atoms with E-state index in [0.717, 1.165) is 30.4 Å². The summed E-state index contributed by atoms with van der Waals surface area (Å²) in [5.74, 6) is 2.12. The zero-order valence-electron chi connectivity index (χ0n) is 11.9. The molecule has 1 atom stereocenters. The van der Waals surface area contributed by atoms with Gasteiger partial charge in [-0.15, -0.1) is 11.8 Å². The minimum atomic E-state index is 0.457. The summed E-state index contributed by atoms with van der Waals surface area (Å²) in [5, 5.41) is 4.03. The second kappa shape index (κ2) is 5.11. The molecule has 4 nitrogen and oxygen atoms in total. The molecule has 2 aliphatic heterocycles. The first-order valence-corrected chi connectivity index (χ1v) is 8.00. The van der Waals surface area contributed by atoms with Crippen LogP contribution in [-0.2, 0) is 11.3 Å². The summed E-state index contributed by atoms with van der Waals surface area (Å²) in [5.41, 5.74) is 2.30. The van der Waals surface area contributed by atoms with Gasteiger partial charge in [0.15, 0.2) is 0 Å². The Labute approximate surface area is 118 Å². The summed E-state index contributed by atoms with van der Waals surface area (Å²) in [4.78, 5) is 2.49. The van der Waals surface area contributed by atoms with Crippen molar-refractivity contribution in [2.75, 3.05) is 25.4 Å². The Hall–Kier alpha value is -0.520. The molecule has 3 rings (SSSR count). The molecule has 106 valence electrons. The zero-order valence-corrected chi connectivity index (χ0v) is 12.8. The van der Waals surface area contributed by atoms with Crippen molar-refractivity contribution < 1.29 is 9.26 Å². The molecule has 0 aliphatic carbocycles. The average molecular weight is 282 g/mol. The van der Waals surface area contributed by atoms with Gasteiger partial charge in [0.1, 0.15) is 5.76 Å². The van der Waals surface area contributed by atoms with E-state index >= 15 is 0 Å². The predicted octanol–water partition coefficient (Wildman–Crippen LogP) is 2.39. The quantitative estimate of drug-likeness (QED) is 0.848. The third kappa shape index (κ3) is 2.56. The Morgan fingerprint density at radius 3 is 2.89 bits per heavy atom. The molecule has 0 radical (unpaired) electrons. The number of likely N-dealkylation sites (tertiary alicyclic amines) is 1.